The molecule has 0 aliphatic rings. The summed E-state index contributed by atoms with van der Waals surface area (Å²) < 4.78 is 108. The van der Waals surface area contributed by atoms with Crippen LogP contribution in [0.3, 0.4) is 0 Å². The van der Waals surface area contributed by atoms with Gasteiger partial charge in [0.15, 0.2) is 0 Å². The summed E-state index contributed by atoms with van der Waals surface area (Å²) in [7, 11) is 0. The van der Waals surface area contributed by atoms with E-state index in [0.29, 0.717) is 17.8 Å². The van der Waals surface area contributed by atoms with Crippen LogP contribution in [0.25, 0.3) is 16.9 Å². The summed E-state index contributed by atoms with van der Waals surface area (Å²) in [4.78, 5) is 7.54. The van der Waals surface area contributed by atoms with Crippen LogP contribution < -0.4 is 0 Å². The molecule has 0 aliphatic carbocycles. The molecular formula is C24H16F8N4. The van der Waals surface area contributed by atoms with E-state index in [1.165, 1.54) is 24.4 Å². The van der Waals surface area contributed by atoms with Gasteiger partial charge in [-0.15, -0.1) is 0 Å². The van der Waals surface area contributed by atoms with E-state index in [4.69, 9.17) is 0 Å². The summed E-state index contributed by atoms with van der Waals surface area (Å²) in [6, 6.07) is 9.49. The Labute approximate surface area is 199 Å². The molecular weight excluding hydrogens is 496 g/mol. The van der Waals surface area contributed by atoms with Crippen LogP contribution in [0.1, 0.15) is 36.4 Å². The van der Waals surface area contributed by atoms with E-state index < -0.39 is 46.5 Å². The fourth-order valence-electron chi connectivity index (χ4n) is 3.60. The largest absolute Gasteiger partial charge is 0.418 e. The average Bonchev–Trinajstić information content (AvgIpc) is 3.29. The molecule has 4 nitrogen and oxygen atoms in total. The van der Waals surface area contributed by atoms with Gasteiger partial charge in [-0.05, 0) is 62.4 Å². The number of hydrogen-bond acceptors (Lipinski definition) is 3. The number of nitrogens with zero attached hydrogens (tertiary/aromatic N) is 4. The summed E-state index contributed by atoms with van der Waals surface area (Å²) in [5.41, 5.74) is -3.84. The van der Waals surface area contributed by atoms with Gasteiger partial charge in [0.2, 0.25) is 11.9 Å². The first-order valence-corrected chi connectivity index (χ1v) is 10.3. The topological polar surface area (TPSA) is 43.6 Å². The molecule has 0 unspecified atom stereocenters. The molecule has 188 valence electrons. The first-order valence-electron chi connectivity index (χ1n) is 10.3. The minimum absolute atomic E-state index is 0.0398. The Morgan fingerprint density at radius 2 is 1.47 bits per heavy atom. The van der Waals surface area contributed by atoms with Crippen molar-refractivity contribution in [3.8, 4) is 16.9 Å². The molecule has 1 aromatic carbocycles. The number of rotatable bonds is 4. The highest BCUT2D eigenvalue weighted by Gasteiger charge is 2.39. The predicted molar refractivity (Wildman–Crippen MR) is 113 cm³/mol. The average molecular weight is 512 g/mol. The van der Waals surface area contributed by atoms with E-state index in [9.17, 15) is 35.1 Å². The van der Waals surface area contributed by atoms with Crippen molar-refractivity contribution in [1.82, 2.24) is 19.7 Å². The van der Waals surface area contributed by atoms with E-state index in [0.717, 1.165) is 10.7 Å². The normalized spacial score (nSPS) is 12.7. The highest BCUT2D eigenvalue weighted by molar-refractivity contribution is 5.59. The maximum Gasteiger partial charge on any atom is 0.418 e. The van der Waals surface area contributed by atoms with E-state index in [1.807, 2.05) is 0 Å². The van der Waals surface area contributed by atoms with Gasteiger partial charge in [0.05, 0.1) is 44.9 Å². The minimum atomic E-state index is -5.07. The molecule has 0 amide bonds. The van der Waals surface area contributed by atoms with Crippen molar-refractivity contribution in [1.29, 1.82) is 0 Å². The van der Waals surface area contributed by atoms with Crippen molar-refractivity contribution in [2.45, 2.75) is 31.6 Å². The predicted octanol–water partition coefficient (Wildman–Crippen LogP) is 6.97. The van der Waals surface area contributed by atoms with Crippen LogP contribution in [-0.2, 0) is 17.8 Å². The van der Waals surface area contributed by atoms with Crippen LogP contribution in [0.5, 0.6) is 0 Å². The van der Waals surface area contributed by atoms with E-state index >= 15 is 0 Å². The van der Waals surface area contributed by atoms with E-state index in [1.54, 1.807) is 26.0 Å². The quantitative estimate of drug-likeness (QED) is 0.219. The monoisotopic (exact) mass is 512 g/mol. The Kier molecular flexibility index (Phi) is 6.09. The molecule has 0 saturated carbocycles. The van der Waals surface area contributed by atoms with Crippen LogP contribution in [0, 0.1) is 11.9 Å². The van der Waals surface area contributed by atoms with Crippen LogP contribution in [-0.4, -0.2) is 19.7 Å². The van der Waals surface area contributed by atoms with E-state index in [2.05, 4.69) is 15.1 Å². The van der Waals surface area contributed by atoms with Crippen LogP contribution in [0.2, 0.25) is 0 Å². The molecule has 4 rings (SSSR count). The molecule has 0 atom stereocenters. The number of alkyl halides is 6. The van der Waals surface area contributed by atoms with E-state index in [-0.39, 0.29) is 23.0 Å². The van der Waals surface area contributed by atoms with Gasteiger partial charge in [-0.2, -0.15) is 45.2 Å². The summed E-state index contributed by atoms with van der Waals surface area (Å²) in [5, 5.41) is 4.19. The standard InChI is InChI=1S/C24H16F8N4/c1-22(2,18-5-3-4-16(33-18)14-7-9-20(25)34-21(14)26)19-10-11-36(35-19)17-8-6-13(23(27,28)29)12-15(17)24(30,31)32/h3-12H,1-2H3. The van der Waals surface area contributed by atoms with Gasteiger partial charge in [0.25, 0.3) is 0 Å². The van der Waals surface area contributed by atoms with Gasteiger partial charge in [-0.25, -0.2) is 4.68 Å². The molecule has 0 aliphatic heterocycles. The zero-order chi connectivity index (χ0) is 26.5. The molecule has 36 heavy (non-hydrogen) atoms. The zero-order valence-electron chi connectivity index (χ0n) is 18.6. The Morgan fingerprint density at radius 3 is 2.11 bits per heavy atom. The molecule has 0 spiro atoms. The smallest absolute Gasteiger partial charge is 0.252 e. The summed E-state index contributed by atoms with van der Waals surface area (Å²) in [6.07, 6.45) is -8.82. The molecule has 3 aromatic heterocycles. The maximum absolute atomic E-state index is 14.1. The summed E-state index contributed by atoms with van der Waals surface area (Å²) in [5.74, 6) is -2.07. The van der Waals surface area contributed by atoms with Crippen molar-refractivity contribution < 1.29 is 35.1 Å². The number of aromatic nitrogens is 4. The van der Waals surface area contributed by atoms with Gasteiger partial charge in [-0.3, -0.25) is 4.98 Å². The van der Waals surface area contributed by atoms with Gasteiger partial charge in [0, 0.05) is 6.20 Å². The number of benzene rings is 1. The second-order valence-electron chi connectivity index (χ2n) is 8.38. The molecule has 3 heterocycles. The molecule has 0 radical (unpaired) electrons. The summed E-state index contributed by atoms with van der Waals surface area (Å²) >= 11 is 0. The lowest BCUT2D eigenvalue weighted by atomic mass is 9.85. The minimum Gasteiger partial charge on any atom is -0.252 e. The van der Waals surface area contributed by atoms with Crippen molar-refractivity contribution in [3.05, 3.63) is 95.2 Å². The molecule has 12 heteroatoms. The van der Waals surface area contributed by atoms with Crippen LogP contribution >= 0.6 is 0 Å². The van der Waals surface area contributed by atoms with Crippen molar-refractivity contribution in [2.24, 2.45) is 0 Å². The lowest BCUT2D eigenvalue weighted by Gasteiger charge is -2.22. The third kappa shape index (κ3) is 4.79. The van der Waals surface area contributed by atoms with Crippen LogP contribution in [0.15, 0.2) is 60.8 Å². The Bertz CT molecular complexity index is 1420. The Balaban J connectivity index is 1.75. The molecule has 0 saturated heterocycles. The van der Waals surface area contributed by atoms with Crippen LogP contribution in [0.4, 0.5) is 35.1 Å². The van der Waals surface area contributed by atoms with Crippen molar-refractivity contribution in [2.75, 3.05) is 0 Å². The lowest BCUT2D eigenvalue weighted by molar-refractivity contribution is -0.143. The highest BCUT2D eigenvalue weighted by Crippen LogP contribution is 2.39. The summed E-state index contributed by atoms with van der Waals surface area (Å²) in [6.45, 7) is 3.34. The lowest BCUT2D eigenvalue weighted by Crippen LogP contribution is -2.22. The fourth-order valence-corrected chi connectivity index (χ4v) is 3.60. The SMILES string of the molecule is CC(C)(c1cccc(-c2ccc(F)nc2F)n1)c1ccn(-c2ccc(C(F)(F)F)cc2C(F)(F)F)n1. The number of halogens is 8. The highest BCUT2D eigenvalue weighted by atomic mass is 19.4. The molecule has 0 bridgehead atoms. The number of pyridine rings is 2. The van der Waals surface area contributed by atoms with Gasteiger partial charge in [-0.1, -0.05) is 6.07 Å². The Hall–Kier alpha value is -3.83. The second-order valence-corrected chi connectivity index (χ2v) is 8.38. The Morgan fingerprint density at radius 1 is 0.750 bits per heavy atom. The van der Waals surface area contributed by atoms with Gasteiger partial charge < -0.3 is 0 Å². The first kappa shape index (κ1) is 25.3. The zero-order valence-corrected chi connectivity index (χ0v) is 18.6. The third-order valence-corrected chi connectivity index (χ3v) is 5.59. The third-order valence-electron chi connectivity index (χ3n) is 5.59. The molecule has 4 aromatic rings. The van der Waals surface area contributed by atoms with Crippen molar-refractivity contribution in [3.63, 3.8) is 0 Å². The van der Waals surface area contributed by atoms with Crippen molar-refractivity contribution >= 4 is 0 Å². The van der Waals surface area contributed by atoms with Gasteiger partial charge in [0.1, 0.15) is 0 Å². The first-order chi connectivity index (χ1) is 16.7. The molecule has 0 fully saturated rings. The van der Waals surface area contributed by atoms with Gasteiger partial charge >= 0.3 is 12.4 Å². The molecule has 0 N–H and O–H groups in total. The maximum atomic E-state index is 14.1. The second kappa shape index (κ2) is 8.68. The number of hydrogen-bond donors (Lipinski definition) is 0. The fraction of sp³-hybridized carbons (Fsp3) is 0.208.